The summed E-state index contributed by atoms with van der Waals surface area (Å²) in [7, 11) is 0. The zero-order valence-electron chi connectivity index (χ0n) is 27.1. The minimum atomic E-state index is -0.445. The first-order valence-corrected chi connectivity index (χ1v) is 17.4. The molecule has 9 aromatic rings. The Morgan fingerprint density at radius 3 is 1.14 bits per heavy atom. The van der Waals surface area contributed by atoms with Crippen molar-refractivity contribution in [2.45, 2.75) is 10.8 Å². The van der Waals surface area contributed by atoms with Crippen molar-refractivity contribution in [3.63, 3.8) is 0 Å². The molecule has 0 spiro atoms. The Morgan fingerprint density at radius 2 is 0.700 bits per heavy atom. The molecule has 0 amide bonds. The first-order chi connectivity index (χ1) is 24.8. The second kappa shape index (κ2) is 9.19. The molecular weight excluding hydrogens is 605 g/mol. The third-order valence-corrected chi connectivity index (χ3v) is 12.1. The SMILES string of the molecule is c1ccc(-c2ccc3c4c(cccc24)C24c5cccc6c(-c7ccccn7)ccc(c56)C32c2ccc(-c3ccccn3)c3cccc4c23)cc1. The molecule has 0 N–H and O–H groups in total. The molecule has 2 heterocycles. The topological polar surface area (TPSA) is 25.8 Å². The fourth-order valence-electron chi connectivity index (χ4n) is 10.5. The summed E-state index contributed by atoms with van der Waals surface area (Å²) < 4.78 is 0. The van der Waals surface area contributed by atoms with Gasteiger partial charge in [-0.15, -0.1) is 0 Å². The maximum atomic E-state index is 4.83. The van der Waals surface area contributed by atoms with Crippen LogP contribution in [-0.2, 0) is 10.8 Å². The molecule has 2 aromatic heterocycles. The highest BCUT2D eigenvalue weighted by atomic mass is 14.7. The zero-order valence-corrected chi connectivity index (χ0v) is 27.1. The molecule has 12 rings (SSSR count). The van der Waals surface area contributed by atoms with E-state index in [1.165, 1.54) is 88.0 Å². The molecule has 0 bridgehead atoms. The van der Waals surface area contributed by atoms with Gasteiger partial charge >= 0.3 is 0 Å². The van der Waals surface area contributed by atoms with E-state index in [1.807, 2.05) is 24.5 Å². The predicted octanol–water partition coefficient (Wildman–Crippen LogP) is 11.2. The van der Waals surface area contributed by atoms with E-state index >= 15 is 0 Å². The highest BCUT2D eigenvalue weighted by Gasteiger charge is 2.70. The van der Waals surface area contributed by atoms with Crippen LogP contribution in [0.3, 0.4) is 0 Å². The van der Waals surface area contributed by atoms with Gasteiger partial charge in [-0.3, -0.25) is 9.97 Å². The van der Waals surface area contributed by atoms with Gasteiger partial charge in [-0.05, 0) is 101 Å². The van der Waals surface area contributed by atoms with E-state index < -0.39 is 10.8 Å². The van der Waals surface area contributed by atoms with E-state index in [9.17, 15) is 0 Å². The number of hydrogen-bond donors (Lipinski definition) is 0. The van der Waals surface area contributed by atoms with Crippen LogP contribution in [0, 0.1) is 0 Å². The molecular formula is C48H28N2. The summed E-state index contributed by atoms with van der Waals surface area (Å²) in [6.07, 6.45) is 3.80. The van der Waals surface area contributed by atoms with Gasteiger partial charge in [-0.25, -0.2) is 0 Å². The van der Waals surface area contributed by atoms with Gasteiger partial charge in [0.25, 0.3) is 0 Å². The van der Waals surface area contributed by atoms with E-state index in [2.05, 4.69) is 146 Å². The third-order valence-electron chi connectivity index (χ3n) is 12.1. The number of nitrogens with zero attached hydrogens (tertiary/aromatic N) is 2. The first-order valence-electron chi connectivity index (χ1n) is 17.4. The van der Waals surface area contributed by atoms with Crippen molar-refractivity contribution < 1.29 is 0 Å². The molecule has 0 aliphatic heterocycles. The average molecular weight is 633 g/mol. The van der Waals surface area contributed by atoms with Gasteiger partial charge < -0.3 is 0 Å². The van der Waals surface area contributed by atoms with E-state index in [0.717, 1.165) is 11.4 Å². The Kier molecular flexibility index (Phi) is 4.88. The summed E-state index contributed by atoms with van der Waals surface area (Å²) in [5.74, 6) is 0. The van der Waals surface area contributed by atoms with E-state index in [-0.39, 0.29) is 0 Å². The summed E-state index contributed by atoms with van der Waals surface area (Å²) in [5.41, 5.74) is 14.3. The van der Waals surface area contributed by atoms with E-state index in [4.69, 9.17) is 9.97 Å². The van der Waals surface area contributed by atoms with Gasteiger partial charge in [0, 0.05) is 23.5 Å². The lowest BCUT2D eigenvalue weighted by Gasteiger charge is -2.40. The molecule has 2 nitrogen and oxygen atoms in total. The molecule has 7 aromatic carbocycles. The van der Waals surface area contributed by atoms with Crippen molar-refractivity contribution in [1.82, 2.24) is 9.97 Å². The lowest BCUT2D eigenvalue weighted by molar-refractivity contribution is 0.492. The lowest BCUT2D eigenvalue weighted by Crippen LogP contribution is -2.42. The highest BCUT2D eigenvalue weighted by molar-refractivity contribution is 6.17. The summed E-state index contributed by atoms with van der Waals surface area (Å²) >= 11 is 0. The molecule has 0 saturated carbocycles. The van der Waals surface area contributed by atoms with Gasteiger partial charge in [0.15, 0.2) is 0 Å². The van der Waals surface area contributed by atoms with Crippen molar-refractivity contribution >= 4 is 32.3 Å². The second-order valence-corrected chi connectivity index (χ2v) is 14.0. The second-order valence-electron chi connectivity index (χ2n) is 14.0. The minimum Gasteiger partial charge on any atom is -0.256 e. The van der Waals surface area contributed by atoms with Crippen LogP contribution in [-0.4, -0.2) is 9.97 Å². The molecule has 3 aliphatic carbocycles. The summed E-state index contributed by atoms with van der Waals surface area (Å²) in [6, 6.07) is 58.7. The molecule has 2 heteroatoms. The molecule has 0 unspecified atom stereocenters. The zero-order chi connectivity index (χ0) is 32.6. The van der Waals surface area contributed by atoms with Crippen molar-refractivity contribution in [1.29, 1.82) is 0 Å². The predicted molar refractivity (Wildman–Crippen MR) is 204 cm³/mol. The lowest BCUT2D eigenvalue weighted by atomic mass is 9.59. The van der Waals surface area contributed by atoms with Gasteiger partial charge in [-0.2, -0.15) is 0 Å². The smallest absolute Gasteiger partial charge is 0.0708 e. The summed E-state index contributed by atoms with van der Waals surface area (Å²) in [4.78, 5) is 9.65. The number of benzene rings is 7. The van der Waals surface area contributed by atoms with Crippen molar-refractivity contribution in [3.05, 3.63) is 203 Å². The number of pyridine rings is 2. The Morgan fingerprint density at radius 1 is 0.300 bits per heavy atom. The van der Waals surface area contributed by atoms with Gasteiger partial charge in [-0.1, -0.05) is 133 Å². The van der Waals surface area contributed by atoms with Gasteiger partial charge in [0.1, 0.15) is 0 Å². The standard InChI is InChI=1S/C48H28N2/c1-2-11-29(12-3-1)30-21-24-39-44-33(30)13-8-16-36(44)47-37-17-9-14-34-31(42-19-4-6-27-49-42)22-25-40(45(34)37)48(39,47)41-26-23-32(43-20-5-7-28-50-43)35-15-10-18-38(47)46(35)41/h1-28H. The molecule has 230 valence electrons. The first kappa shape index (κ1) is 26.6. The maximum Gasteiger partial charge on any atom is 0.0708 e. The Balaban J connectivity index is 1.28. The van der Waals surface area contributed by atoms with Crippen molar-refractivity contribution in [2.75, 3.05) is 0 Å². The van der Waals surface area contributed by atoms with Gasteiger partial charge in [0.2, 0.25) is 0 Å². The quantitative estimate of drug-likeness (QED) is 0.194. The monoisotopic (exact) mass is 632 g/mol. The fourth-order valence-corrected chi connectivity index (χ4v) is 10.5. The number of rotatable bonds is 3. The van der Waals surface area contributed by atoms with Crippen LogP contribution in [0.4, 0.5) is 0 Å². The minimum absolute atomic E-state index is 0.445. The van der Waals surface area contributed by atoms with Crippen LogP contribution in [0.2, 0.25) is 0 Å². The maximum absolute atomic E-state index is 4.83. The van der Waals surface area contributed by atoms with Crippen LogP contribution in [0.1, 0.15) is 33.4 Å². The third kappa shape index (κ3) is 2.84. The Bertz CT molecular complexity index is 2560. The Hall–Kier alpha value is -6.38. The normalized spacial score (nSPS) is 19.0. The van der Waals surface area contributed by atoms with Crippen molar-refractivity contribution in [2.24, 2.45) is 0 Å². The molecule has 0 fully saturated rings. The average Bonchev–Trinajstić information content (AvgIpc) is 3.72. The largest absolute Gasteiger partial charge is 0.256 e. The molecule has 0 atom stereocenters. The van der Waals surface area contributed by atoms with Crippen molar-refractivity contribution in [3.8, 4) is 33.6 Å². The van der Waals surface area contributed by atoms with Crippen LogP contribution < -0.4 is 0 Å². The molecule has 50 heavy (non-hydrogen) atoms. The molecule has 0 radical (unpaired) electrons. The Labute approximate surface area is 289 Å². The van der Waals surface area contributed by atoms with E-state index in [0.29, 0.717) is 0 Å². The number of hydrogen-bond acceptors (Lipinski definition) is 2. The summed E-state index contributed by atoms with van der Waals surface area (Å²) in [5, 5.41) is 7.97. The van der Waals surface area contributed by atoms with Crippen LogP contribution in [0.15, 0.2) is 170 Å². The van der Waals surface area contributed by atoms with Gasteiger partial charge in [0.05, 0.1) is 22.2 Å². The summed E-state index contributed by atoms with van der Waals surface area (Å²) in [6.45, 7) is 0. The van der Waals surface area contributed by atoms with Crippen LogP contribution in [0.25, 0.3) is 66.0 Å². The molecule has 3 aliphatic rings. The highest BCUT2D eigenvalue weighted by Crippen LogP contribution is 2.76. The fraction of sp³-hybridized carbons (Fsp3) is 0.0417. The number of aromatic nitrogens is 2. The molecule has 0 saturated heterocycles. The van der Waals surface area contributed by atoms with E-state index in [1.54, 1.807) is 0 Å². The van der Waals surface area contributed by atoms with Crippen LogP contribution in [0.5, 0.6) is 0 Å². The van der Waals surface area contributed by atoms with Crippen LogP contribution >= 0.6 is 0 Å².